The Bertz CT molecular complexity index is 2200. The number of aryl methyl sites for hydroxylation is 1. The number of likely N-dealkylation sites (tertiary alicyclic amines) is 1. The number of halogens is 4. The van der Waals surface area contributed by atoms with Crippen molar-refractivity contribution in [2.45, 2.75) is 63.2 Å². The van der Waals surface area contributed by atoms with Gasteiger partial charge in [-0.15, -0.1) is 5.10 Å². The first-order valence-corrected chi connectivity index (χ1v) is 16.5. The molecule has 5 heterocycles. The SMILES string of the molecule is Cc1ncnc(C(=O)N2CC[C@]3(CCc4c3c(=O)n3nc(C5=CCOCC5)nc3n4CC(=O)Nc3ccc(C(F)(F)F)cc3Cl)[C@@H]3C[C@@H]32)c1O. The Morgan fingerprint density at radius 3 is 2.76 bits per heavy atom. The molecule has 0 radical (unpaired) electrons. The largest absolute Gasteiger partial charge is 0.504 e. The highest BCUT2D eigenvalue weighted by Crippen LogP contribution is 2.60. The van der Waals surface area contributed by atoms with Gasteiger partial charge in [-0.05, 0) is 68.7 Å². The summed E-state index contributed by atoms with van der Waals surface area (Å²) < 4.78 is 47.9. The molecular formula is C33H30ClF3N8O5. The van der Waals surface area contributed by atoms with E-state index in [2.05, 4.69) is 20.4 Å². The van der Waals surface area contributed by atoms with Gasteiger partial charge in [-0.25, -0.2) is 9.97 Å². The van der Waals surface area contributed by atoms with E-state index in [9.17, 15) is 32.7 Å². The summed E-state index contributed by atoms with van der Waals surface area (Å²) in [5.74, 6) is -0.787. The van der Waals surface area contributed by atoms with E-state index in [4.69, 9.17) is 21.3 Å². The number of aromatic hydroxyl groups is 1. The lowest BCUT2D eigenvalue weighted by Crippen LogP contribution is -2.48. The number of ether oxygens (including phenoxy) is 1. The average molecular weight is 711 g/mol. The summed E-state index contributed by atoms with van der Waals surface area (Å²) in [5.41, 5.74) is 0.332. The van der Waals surface area contributed by atoms with Crippen LogP contribution >= 0.6 is 11.6 Å². The molecule has 2 amide bonds. The summed E-state index contributed by atoms with van der Waals surface area (Å²) in [6, 6.07) is 2.51. The average Bonchev–Trinajstić information content (AvgIpc) is 3.63. The maximum Gasteiger partial charge on any atom is 0.416 e. The topological polar surface area (TPSA) is 157 Å². The summed E-state index contributed by atoms with van der Waals surface area (Å²) in [6.45, 7) is 2.43. The molecule has 3 atom stereocenters. The molecule has 3 aromatic heterocycles. The molecule has 13 nitrogen and oxygen atoms in total. The third-order valence-corrected chi connectivity index (χ3v) is 10.7. The predicted octanol–water partition coefficient (Wildman–Crippen LogP) is 3.93. The van der Waals surface area contributed by atoms with E-state index < -0.39 is 29.0 Å². The number of benzene rings is 1. The van der Waals surface area contributed by atoms with Crippen LogP contribution in [0.2, 0.25) is 5.02 Å². The van der Waals surface area contributed by atoms with Crippen LogP contribution in [0.25, 0.3) is 11.4 Å². The van der Waals surface area contributed by atoms with E-state index in [-0.39, 0.29) is 52.0 Å². The number of alkyl halides is 3. The minimum Gasteiger partial charge on any atom is -0.504 e. The Labute approximate surface area is 286 Å². The lowest BCUT2D eigenvalue weighted by atomic mass is 9.73. The van der Waals surface area contributed by atoms with Gasteiger partial charge in [-0.2, -0.15) is 22.7 Å². The lowest BCUT2D eigenvalue weighted by molar-refractivity contribution is -0.137. The first-order valence-electron chi connectivity index (χ1n) is 16.2. The molecule has 1 aromatic carbocycles. The number of hydrogen-bond acceptors (Lipinski definition) is 9. The summed E-state index contributed by atoms with van der Waals surface area (Å²) in [4.78, 5) is 55.9. The molecule has 50 heavy (non-hydrogen) atoms. The van der Waals surface area contributed by atoms with E-state index in [1.54, 1.807) is 16.4 Å². The van der Waals surface area contributed by atoms with Crippen molar-refractivity contribution in [3.8, 4) is 5.75 Å². The van der Waals surface area contributed by atoms with E-state index in [0.717, 1.165) is 23.8 Å². The van der Waals surface area contributed by atoms with Crippen LogP contribution in [-0.2, 0) is 34.1 Å². The number of fused-ring (bicyclic) bond motifs is 5. The minimum absolute atomic E-state index is 0.00661. The fourth-order valence-electron chi connectivity index (χ4n) is 7.91. The van der Waals surface area contributed by atoms with Gasteiger partial charge in [0.15, 0.2) is 17.3 Å². The fraction of sp³-hybridized carbons (Fsp3) is 0.424. The molecule has 260 valence electrons. The predicted molar refractivity (Wildman–Crippen MR) is 172 cm³/mol. The molecule has 2 N–H and O–H groups in total. The number of aromatic nitrogens is 6. The highest BCUT2D eigenvalue weighted by Gasteiger charge is 2.63. The number of rotatable bonds is 5. The number of carbonyl (C=O) groups is 2. The monoisotopic (exact) mass is 710 g/mol. The first kappa shape index (κ1) is 32.4. The quantitative estimate of drug-likeness (QED) is 0.313. The molecular weight excluding hydrogens is 681 g/mol. The highest BCUT2D eigenvalue weighted by atomic mass is 35.5. The number of nitrogens with one attached hydrogen (secondary N) is 1. The van der Waals surface area contributed by atoms with E-state index in [0.29, 0.717) is 74.6 Å². The standard InChI is InChI=1S/C33H30ClF3N8O5/c1-16-27(47)26(39-15-38-16)30(49)43-9-8-32(19-13-23(19)43)7-4-22-25(32)29(48)45-31(41-28(42-45)17-5-10-50-11-6-17)44(22)14-24(46)40-21-3-2-18(12-20(21)34)33(35,36)37/h2-3,5,12,15,19,23,47H,4,6-11,13-14H2,1H3,(H,40,46)/t19-,23+,32-/m1/s1. The Hall–Kier alpha value is -4.83. The van der Waals surface area contributed by atoms with Gasteiger partial charge in [-0.3, -0.25) is 14.4 Å². The van der Waals surface area contributed by atoms with Gasteiger partial charge in [0.25, 0.3) is 11.5 Å². The van der Waals surface area contributed by atoms with Crippen LogP contribution in [0.15, 0.2) is 35.4 Å². The van der Waals surface area contributed by atoms with E-state index in [1.165, 1.54) is 10.8 Å². The van der Waals surface area contributed by atoms with Gasteiger partial charge >= 0.3 is 6.18 Å². The molecule has 1 saturated heterocycles. The second-order valence-corrected chi connectivity index (χ2v) is 13.5. The van der Waals surface area contributed by atoms with Crippen molar-refractivity contribution in [2.24, 2.45) is 5.92 Å². The van der Waals surface area contributed by atoms with Crippen LogP contribution in [0.1, 0.15) is 64.5 Å². The molecule has 2 aliphatic heterocycles. The zero-order chi connectivity index (χ0) is 35.1. The number of anilines is 1. The second-order valence-electron chi connectivity index (χ2n) is 13.1. The zero-order valence-electron chi connectivity index (χ0n) is 26.6. The summed E-state index contributed by atoms with van der Waals surface area (Å²) >= 11 is 6.13. The summed E-state index contributed by atoms with van der Waals surface area (Å²) in [6.07, 6.45) is 1.20. The highest BCUT2D eigenvalue weighted by molar-refractivity contribution is 6.33. The van der Waals surface area contributed by atoms with Crippen molar-refractivity contribution < 1.29 is 32.6 Å². The number of hydrogen-bond donors (Lipinski definition) is 2. The molecule has 4 aliphatic rings. The summed E-state index contributed by atoms with van der Waals surface area (Å²) in [7, 11) is 0. The Morgan fingerprint density at radius 1 is 1.20 bits per heavy atom. The smallest absolute Gasteiger partial charge is 0.416 e. The van der Waals surface area contributed by atoms with Gasteiger partial charge in [-0.1, -0.05) is 17.7 Å². The molecule has 2 aliphatic carbocycles. The van der Waals surface area contributed by atoms with E-state index >= 15 is 0 Å². The van der Waals surface area contributed by atoms with Crippen molar-refractivity contribution >= 4 is 40.5 Å². The molecule has 1 saturated carbocycles. The zero-order valence-corrected chi connectivity index (χ0v) is 27.4. The molecule has 2 fully saturated rings. The second kappa shape index (κ2) is 11.6. The maximum atomic E-state index is 14.4. The van der Waals surface area contributed by atoms with Crippen molar-refractivity contribution in [3.05, 3.63) is 80.0 Å². The molecule has 17 heteroatoms. The molecule has 8 rings (SSSR count). The first-order chi connectivity index (χ1) is 23.9. The Balaban J connectivity index is 1.16. The van der Waals surface area contributed by atoms with Gasteiger partial charge in [0, 0.05) is 29.3 Å². The number of carbonyl (C=O) groups excluding carboxylic acids is 2. The van der Waals surface area contributed by atoms with Crippen molar-refractivity contribution in [3.63, 3.8) is 0 Å². The third kappa shape index (κ3) is 5.14. The molecule has 0 bridgehead atoms. The van der Waals surface area contributed by atoms with Crippen molar-refractivity contribution in [2.75, 3.05) is 25.1 Å². The molecule has 1 spiro atoms. The van der Waals surface area contributed by atoms with E-state index in [1.807, 2.05) is 6.08 Å². The van der Waals surface area contributed by atoms with Crippen LogP contribution in [-0.4, -0.2) is 76.8 Å². The van der Waals surface area contributed by atoms with Crippen LogP contribution in [0.4, 0.5) is 18.9 Å². The lowest BCUT2D eigenvalue weighted by Gasteiger charge is -2.39. The van der Waals surface area contributed by atoms with Crippen LogP contribution in [0.3, 0.4) is 0 Å². The number of nitrogens with zero attached hydrogens (tertiary/aromatic N) is 7. The third-order valence-electron chi connectivity index (χ3n) is 10.4. The van der Waals surface area contributed by atoms with Gasteiger partial charge in [0.05, 0.1) is 35.2 Å². The van der Waals surface area contributed by atoms with Crippen molar-refractivity contribution in [1.29, 1.82) is 0 Å². The van der Waals surface area contributed by atoms with Gasteiger partial charge in [0.2, 0.25) is 11.7 Å². The van der Waals surface area contributed by atoms with Crippen LogP contribution < -0.4 is 10.9 Å². The van der Waals surface area contributed by atoms with Gasteiger partial charge < -0.3 is 24.6 Å². The normalized spacial score (nSPS) is 22.7. The minimum atomic E-state index is -4.60. The Kier molecular flexibility index (Phi) is 7.52. The molecule has 0 unspecified atom stereocenters. The van der Waals surface area contributed by atoms with Gasteiger partial charge in [0.1, 0.15) is 12.9 Å². The Morgan fingerprint density at radius 2 is 2.02 bits per heavy atom. The maximum absolute atomic E-state index is 14.4. The number of piperidine rings is 1. The fourth-order valence-corrected chi connectivity index (χ4v) is 8.14. The summed E-state index contributed by atoms with van der Waals surface area (Å²) in [5, 5.41) is 17.4. The van der Waals surface area contributed by atoms with Crippen LogP contribution in [0, 0.1) is 12.8 Å². The van der Waals surface area contributed by atoms with Crippen LogP contribution in [0.5, 0.6) is 5.75 Å². The number of amides is 2. The molecule has 4 aromatic rings. The van der Waals surface area contributed by atoms with Crippen molar-refractivity contribution in [1.82, 2.24) is 34.0 Å².